The molecule has 5 nitrogen and oxygen atoms in total. The monoisotopic (exact) mass is 325 g/mol. The van der Waals surface area contributed by atoms with Gasteiger partial charge in [-0.3, -0.25) is 14.5 Å². The third-order valence-corrected chi connectivity index (χ3v) is 3.32. The summed E-state index contributed by atoms with van der Waals surface area (Å²) in [7, 11) is 0. The van der Waals surface area contributed by atoms with Crippen molar-refractivity contribution in [3.8, 4) is 0 Å². The number of hydrogen-bond acceptors (Lipinski definition) is 3. The van der Waals surface area contributed by atoms with Crippen LogP contribution in [0.5, 0.6) is 0 Å². The highest BCUT2D eigenvalue weighted by molar-refractivity contribution is 6.33. The van der Waals surface area contributed by atoms with Gasteiger partial charge in [0.15, 0.2) is 0 Å². The van der Waals surface area contributed by atoms with Crippen molar-refractivity contribution in [1.82, 2.24) is 10.2 Å². The van der Waals surface area contributed by atoms with Crippen molar-refractivity contribution in [2.45, 2.75) is 26.7 Å². The summed E-state index contributed by atoms with van der Waals surface area (Å²) in [6.07, 6.45) is 1.77. The van der Waals surface area contributed by atoms with E-state index in [0.29, 0.717) is 23.8 Å². The first-order chi connectivity index (χ1) is 10.6. The van der Waals surface area contributed by atoms with Crippen molar-refractivity contribution < 1.29 is 9.59 Å². The van der Waals surface area contributed by atoms with Crippen molar-refractivity contribution in [3.63, 3.8) is 0 Å². The topological polar surface area (TPSA) is 61.4 Å². The van der Waals surface area contributed by atoms with Crippen molar-refractivity contribution in [1.29, 1.82) is 0 Å². The lowest BCUT2D eigenvalue weighted by atomic mass is 10.3. The summed E-state index contributed by atoms with van der Waals surface area (Å²) in [5.74, 6) is -0.231. The molecule has 0 aromatic heterocycles. The van der Waals surface area contributed by atoms with Crippen LogP contribution in [-0.4, -0.2) is 42.9 Å². The molecule has 0 unspecified atom stereocenters. The first kappa shape index (κ1) is 18.5. The van der Waals surface area contributed by atoms with Gasteiger partial charge in [-0.2, -0.15) is 0 Å². The van der Waals surface area contributed by atoms with Crippen LogP contribution in [0.25, 0.3) is 0 Å². The van der Waals surface area contributed by atoms with Gasteiger partial charge in [-0.25, -0.2) is 0 Å². The van der Waals surface area contributed by atoms with Crippen molar-refractivity contribution >= 4 is 29.1 Å². The number of carbonyl (C=O) groups excluding carboxylic acids is 2. The lowest BCUT2D eigenvalue weighted by molar-refractivity contribution is -0.123. The van der Waals surface area contributed by atoms with Crippen LogP contribution in [0.1, 0.15) is 26.7 Å². The van der Waals surface area contributed by atoms with Crippen LogP contribution in [0, 0.1) is 0 Å². The van der Waals surface area contributed by atoms with E-state index in [1.54, 1.807) is 18.2 Å². The van der Waals surface area contributed by atoms with Gasteiger partial charge in [0.25, 0.3) is 0 Å². The summed E-state index contributed by atoms with van der Waals surface area (Å²) in [5, 5.41) is 6.09. The lowest BCUT2D eigenvalue weighted by Gasteiger charge is -2.20. The van der Waals surface area contributed by atoms with E-state index in [1.165, 1.54) is 0 Å². The number of anilines is 1. The molecule has 0 aliphatic carbocycles. The van der Waals surface area contributed by atoms with Crippen molar-refractivity contribution in [2.24, 2.45) is 0 Å². The van der Waals surface area contributed by atoms with Crippen LogP contribution in [0.4, 0.5) is 5.69 Å². The highest BCUT2D eigenvalue weighted by atomic mass is 35.5. The maximum atomic E-state index is 12.1. The Morgan fingerprint density at radius 1 is 1.09 bits per heavy atom. The molecule has 0 heterocycles. The van der Waals surface area contributed by atoms with Crippen LogP contribution in [0.2, 0.25) is 5.02 Å². The van der Waals surface area contributed by atoms with Gasteiger partial charge >= 0.3 is 0 Å². The van der Waals surface area contributed by atoms with E-state index >= 15 is 0 Å². The standard InChI is InChI=1S/C16H24ClN3O2/c1-3-9-18-15(21)11-20(10-4-2)12-16(22)19-14-8-6-5-7-13(14)17/h5-8H,3-4,9-12H2,1-2H3,(H,18,21)(H,19,22). The van der Waals surface area contributed by atoms with E-state index in [-0.39, 0.29) is 24.9 Å². The maximum Gasteiger partial charge on any atom is 0.238 e. The lowest BCUT2D eigenvalue weighted by Crippen LogP contribution is -2.41. The van der Waals surface area contributed by atoms with Gasteiger partial charge in [0.1, 0.15) is 0 Å². The second-order valence-electron chi connectivity index (χ2n) is 5.09. The molecule has 0 fully saturated rings. The second-order valence-corrected chi connectivity index (χ2v) is 5.50. The Morgan fingerprint density at radius 2 is 1.77 bits per heavy atom. The summed E-state index contributed by atoms with van der Waals surface area (Å²) >= 11 is 6.02. The fraction of sp³-hybridized carbons (Fsp3) is 0.500. The quantitative estimate of drug-likeness (QED) is 0.733. The Kier molecular flexibility index (Phi) is 8.55. The zero-order valence-corrected chi connectivity index (χ0v) is 13.9. The molecule has 122 valence electrons. The molecule has 1 aromatic rings. The van der Waals surface area contributed by atoms with Crippen LogP contribution >= 0.6 is 11.6 Å². The third-order valence-electron chi connectivity index (χ3n) is 2.99. The Hall–Kier alpha value is -1.59. The average molecular weight is 326 g/mol. The number of carbonyl (C=O) groups is 2. The highest BCUT2D eigenvalue weighted by Gasteiger charge is 2.14. The van der Waals surface area contributed by atoms with Gasteiger partial charge in [-0.05, 0) is 31.5 Å². The molecule has 0 bridgehead atoms. The first-order valence-electron chi connectivity index (χ1n) is 7.60. The number of benzene rings is 1. The molecule has 0 aliphatic heterocycles. The molecule has 0 aliphatic rings. The molecule has 0 saturated heterocycles. The van der Waals surface area contributed by atoms with Crippen molar-refractivity contribution in [2.75, 3.05) is 31.5 Å². The molecule has 2 amide bonds. The molecule has 1 aromatic carbocycles. The first-order valence-corrected chi connectivity index (χ1v) is 7.98. The fourth-order valence-electron chi connectivity index (χ4n) is 2.01. The average Bonchev–Trinajstić information content (AvgIpc) is 2.47. The Balaban J connectivity index is 2.53. The number of hydrogen-bond donors (Lipinski definition) is 2. The number of para-hydroxylation sites is 1. The summed E-state index contributed by atoms with van der Waals surface area (Å²) < 4.78 is 0. The Morgan fingerprint density at radius 3 is 2.41 bits per heavy atom. The van der Waals surface area contributed by atoms with E-state index in [0.717, 1.165) is 12.8 Å². The van der Waals surface area contributed by atoms with E-state index < -0.39 is 0 Å². The summed E-state index contributed by atoms with van der Waals surface area (Å²) in [4.78, 5) is 25.7. The molecule has 0 saturated carbocycles. The van der Waals surface area contributed by atoms with Gasteiger partial charge in [-0.1, -0.05) is 37.6 Å². The second kappa shape index (κ2) is 10.2. The van der Waals surface area contributed by atoms with Gasteiger partial charge in [-0.15, -0.1) is 0 Å². The summed E-state index contributed by atoms with van der Waals surface area (Å²) in [5.41, 5.74) is 0.584. The Labute approximate surface area is 137 Å². The van der Waals surface area contributed by atoms with E-state index in [1.807, 2.05) is 24.8 Å². The molecular formula is C16H24ClN3O2. The number of nitrogens with one attached hydrogen (secondary N) is 2. The predicted octanol–water partition coefficient (Wildman–Crippen LogP) is 2.52. The maximum absolute atomic E-state index is 12.1. The SMILES string of the molecule is CCCNC(=O)CN(CCC)CC(=O)Nc1ccccc1Cl. The molecule has 2 N–H and O–H groups in total. The smallest absolute Gasteiger partial charge is 0.238 e. The molecule has 22 heavy (non-hydrogen) atoms. The van der Waals surface area contributed by atoms with Gasteiger partial charge < -0.3 is 10.6 Å². The molecule has 0 radical (unpaired) electrons. The normalized spacial score (nSPS) is 10.5. The molecule has 0 atom stereocenters. The summed E-state index contributed by atoms with van der Waals surface area (Å²) in [6, 6.07) is 7.08. The predicted molar refractivity (Wildman–Crippen MR) is 90.1 cm³/mol. The summed E-state index contributed by atoms with van der Waals surface area (Å²) in [6.45, 7) is 5.76. The van der Waals surface area contributed by atoms with Crippen LogP contribution < -0.4 is 10.6 Å². The third kappa shape index (κ3) is 6.91. The largest absolute Gasteiger partial charge is 0.355 e. The van der Waals surface area contributed by atoms with Gasteiger partial charge in [0.2, 0.25) is 11.8 Å². The number of amides is 2. The minimum absolute atomic E-state index is 0.0548. The van der Waals surface area contributed by atoms with Crippen LogP contribution in [-0.2, 0) is 9.59 Å². The molecular weight excluding hydrogens is 302 g/mol. The van der Waals surface area contributed by atoms with Gasteiger partial charge in [0.05, 0.1) is 23.8 Å². The molecule has 6 heteroatoms. The van der Waals surface area contributed by atoms with E-state index in [4.69, 9.17) is 11.6 Å². The van der Waals surface area contributed by atoms with Crippen molar-refractivity contribution in [3.05, 3.63) is 29.3 Å². The molecule has 1 rings (SSSR count). The number of rotatable bonds is 9. The Bertz CT molecular complexity index is 494. The molecule has 0 spiro atoms. The van der Waals surface area contributed by atoms with E-state index in [9.17, 15) is 9.59 Å². The minimum atomic E-state index is -0.176. The number of halogens is 1. The highest BCUT2D eigenvalue weighted by Crippen LogP contribution is 2.20. The zero-order chi connectivity index (χ0) is 16.4. The number of nitrogens with zero attached hydrogens (tertiary/aromatic N) is 1. The van der Waals surface area contributed by atoms with E-state index in [2.05, 4.69) is 10.6 Å². The van der Waals surface area contributed by atoms with Crippen LogP contribution in [0.15, 0.2) is 24.3 Å². The van der Waals surface area contributed by atoms with Crippen LogP contribution in [0.3, 0.4) is 0 Å². The zero-order valence-electron chi connectivity index (χ0n) is 13.2. The minimum Gasteiger partial charge on any atom is -0.355 e. The van der Waals surface area contributed by atoms with Gasteiger partial charge in [0, 0.05) is 6.54 Å². The fourth-order valence-corrected chi connectivity index (χ4v) is 2.19.